The molecule has 0 saturated heterocycles. The highest BCUT2D eigenvalue weighted by Gasteiger charge is 2.15. The number of fused-ring (bicyclic) bond motifs is 3. The molecule has 158 valence electrons. The molecule has 3 aromatic carbocycles. The molecule has 4 heteroatoms. The summed E-state index contributed by atoms with van der Waals surface area (Å²) >= 11 is 0. The number of rotatable bonds is 3. The second-order valence-corrected chi connectivity index (χ2v) is 8.20. The number of para-hydroxylation sites is 1. The van der Waals surface area contributed by atoms with Crippen molar-refractivity contribution in [2.75, 3.05) is 0 Å². The summed E-state index contributed by atoms with van der Waals surface area (Å²) in [7, 11) is 0. The number of aromatic nitrogens is 3. The van der Waals surface area contributed by atoms with Crippen LogP contribution in [0.3, 0.4) is 0 Å². The fourth-order valence-corrected chi connectivity index (χ4v) is 4.46. The third-order valence-corrected chi connectivity index (χ3v) is 6.03. The molecule has 0 aliphatic rings. The highest BCUT2D eigenvalue weighted by atomic mass is 16.3. The van der Waals surface area contributed by atoms with Crippen LogP contribution in [0.25, 0.3) is 50.1 Å². The number of benzene rings is 3. The second kappa shape index (κ2) is 7.61. The Morgan fingerprint density at radius 3 is 2.39 bits per heavy atom. The lowest BCUT2D eigenvalue weighted by molar-refractivity contribution is 0.477. The molecular formula is C29H21N3O. The number of hydrogen-bond acceptors (Lipinski definition) is 3. The van der Waals surface area contributed by atoms with Crippen LogP contribution in [0.2, 0.25) is 0 Å². The van der Waals surface area contributed by atoms with Crippen molar-refractivity contribution >= 4 is 21.8 Å². The van der Waals surface area contributed by atoms with Crippen LogP contribution in [-0.2, 0) is 0 Å². The van der Waals surface area contributed by atoms with Gasteiger partial charge in [-0.1, -0.05) is 48.0 Å². The zero-order valence-electron chi connectivity index (χ0n) is 18.1. The Kier molecular flexibility index (Phi) is 4.44. The Bertz CT molecular complexity index is 1630. The van der Waals surface area contributed by atoms with Crippen molar-refractivity contribution in [2.24, 2.45) is 0 Å². The molecule has 0 atom stereocenters. The summed E-state index contributed by atoms with van der Waals surface area (Å²) in [4.78, 5) is 9.50. The molecule has 0 aliphatic heterocycles. The maximum Gasteiger partial charge on any atom is 0.138 e. The van der Waals surface area contributed by atoms with E-state index in [9.17, 15) is 5.11 Å². The van der Waals surface area contributed by atoms with Crippen LogP contribution in [0.4, 0.5) is 0 Å². The van der Waals surface area contributed by atoms with Crippen LogP contribution >= 0.6 is 0 Å². The lowest BCUT2D eigenvalue weighted by Gasteiger charge is -2.10. The van der Waals surface area contributed by atoms with Gasteiger partial charge in [0.05, 0.1) is 22.4 Å². The molecule has 0 spiro atoms. The van der Waals surface area contributed by atoms with Gasteiger partial charge in [-0.2, -0.15) is 0 Å². The number of nitrogens with zero attached hydrogens (tertiary/aromatic N) is 3. The van der Waals surface area contributed by atoms with Crippen LogP contribution in [0.1, 0.15) is 5.56 Å². The molecule has 0 unspecified atom stereocenters. The van der Waals surface area contributed by atoms with Crippen molar-refractivity contribution in [3.05, 3.63) is 109 Å². The van der Waals surface area contributed by atoms with Crippen LogP contribution in [0.5, 0.6) is 5.75 Å². The molecular weight excluding hydrogens is 406 g/mol. The monoisotopic (exact) mass is 427 g/mol. The molecule has 4 nitrogen and oxygen atoms in total. The number of hydrogen-bond donors (Lipinski definition) is 1. The van der Waals surface area contributed by atoms with Gasteiger partial charge in [0.2, 0.25) is 0 Å². The molecule has 0 fully saturated rings. The molecule has 6 rings (SSSR count). The summed E-state index contributed by atoms with van der Waals surface area (Å²) < 4.78 is 2.19. The van der Waals surface area contributed by atoms with Gasteiger partial charge in [0.15, 0.2) is 0 Å². The van der Waals surface area contributed by atoms with E-state index in [2.05, 4.69) is 52.9 Å². The number of pyridine rings is 2. The minimum absolute atomic E-state index is 0.220. The second-order valence-electron chi connectivity index (χ2n) is 8.20. The summed E-state index contributed by atoms with van der Waals surface area (Å²) in [6, 6.07) is 32.2. The topological polar surface area (TPSA) is 50.9 Å². The number of phenols is 1. The average Bonchev–Trinajstić information content (AvgIpc) is 3.18. The van der Waals surface area contributed by atoms with Crippen molar-refractivity contribution in [3.63, 3.8) is 0 Å². The van der Waals surface area contributed by atoms with Gasteiger partial charge in [-0.25, -0.2) is 4.98 Å². The van der Waals surface area contributed by atoms with Crippen molar-refractivity contribution in [1.29, 1.82) is 0 Å². The van der Waals surface area contributed by atoms with E-state index in [1.165, 1.54) is 16.3 Å². The van der Waals surface area contributed by atoms with Crippen LogP contribution in [0, 0.1) is 6.92 Å². The molecule has 0 aliphatic carbocycles. The van der Waals surface area contributed by atoms with E-state index in [0.29, 0.717) is 5.56 Å². The van der Waals surface area contributed by atoms with Gasteiger partial charge in [0.1, 0.15) is 11.6 Å². The molecule has 0 amide bonds. The first kappa shape index (κ1) is 19.3. The Labute approximate surface area is 191 Å². The van der Waals surface area contributed by atoms with Crippen molar-refractivity contribution < 1.29 is 5.11 Å². The molecule has 6 aromatic rings. The van der Waals surface area contributed by atoms with Gasteiger partial charge in [0, 0.05) is 28.1 Å². The summed E-state index contributed by atoms with van der Waals surface area (Å²) in [5, 5.41) is 12.7. The van der Waals surface area contributed by atoms with E-state index in [-0.39, 0.29) is 5.75 Å². The Morgan fingerprint density at radius 1 is 0.697 bits per heavy atom. The van der Waals surface area contributed by atoms with Crippen molar-refractivity contribution in [1.82, 2.24) is 14.5 Å². The van der Waals surface area contributed by atoms with E-state index >= 15 is 0 Å². The van der Waals surface area contributed by atoms with Crippen LogP contribution in [-0.4, -0.2) is 19.6 Å². The quantitative estimate of drug-likeness (QED) is 0.333. The molecule has 1 N–H and O–H groups in total. The van der Waals surface area contributed by atoms with Crippen molar-refractivity contribution in [3.8, 4) is 34.1 Å². The molecule has 0 radical (unpaired) electrons. The maximum atomic E-state index is 10.4. The third kappa shape index (κ3) is 3.24. The first-order valence-corrected chi connectivity index (χ1v) is 10.9. The van der Waals surface area contributed by atoms with Gasteiger partial charge in [-0.15, -0.1) is 0 Å². The van der Waals surface area contributed by atoms with Gasteiger partial charge >= 0.3 is 0 Å². The smallest absolute Gasteiger partial charge is 0.138 e. The summed E-state index contributed by atoms with van der Waals surface area (Å²) in [5.41, 5.74) is 6.81. The Hall–Kier alpha value is -4.44. The predicted molar refractivity (Wildman–Crippen MR) is 134 cm³/mol. The molecule has 3 heterocycles. The van der Waals surface area contributed by atoms with Crippen LogP contribution in [0.15, 0.2) is 103 Å². The third-order valence-electron chi connectivity index (χ3n) is 6.03. The van der Waals surface area contributed by atoms with Crippen LogP contribution < -0.4 is 0 Å². The minimum Gasteiger partial charge on any atom is -0.507 e. The van der Waals surface area contributed by atoms with Gasteiger partial charge in [-0.3, -0.25) is 9.55 Å². The van der Waals surface area contributed by atoms with Crippen molar-refractivity contribution in [2.45, 2.75) is 6.92 Å². The molecule has 0 saturated carbocycles. The predicted octanol–water partition coefficient (Wildman–Crippen LogP) is 6.92. The Morgan fingerprint density at radius 2 is 1.55 bits per heavy atom. The average molecular weight is 428 g/mol. The fourth-order valence-electron chi connectivity index (χ4n) is 4.46. The first-order valence-electron chi connectivity index (χ1n) is 10.9. The molecule has 0 bridgehead atoms. The number of aromatic hydroxyl groups is 1. The minimum atomic E-state index is 0.220. The summed E-state index contributed by atoms with van der Waals surface area (Å²) in [6.07, 6.45) is 1.82. The first-order chi connectivity index (χ1) is 16.2. The highest BCUT2D eigenvalue weighted by Crippen LogP contribution is 2.35. The lowest BCUT2D eigenvalue weighted by Crippen LogP contribution is -1.99. The van der Waals surface area contributed by atoms with E-state index < -0.39 is 0 Å². The number of phenolic OH excluding ortho intramolecular Hbond substituents is 1. The molecule has 33 heavy (non-hydrogen) atoms. The van der Waals surface area contributed by atoms with Gasteiger partial charge in [0.25, 0.3) is 0 Å². The highest BCUT2D eigenvalue weighted by molar-refractivity contribution is 6.10. The van der Waals surface area contributed by atoms with Gasteiger partial charge < -0.3 is 5.11 Å². The van der Waals surface area contributed by atoms with E-state index in [1.807, 2.05) is 60.8 Å². The van der Waals surface area contributed by atoms with E-state index in [1.54, 1.807) is 6.07 Å². The number of aryl methyl sites for hydroxylation is 1. The van der Waals surface area contributed by atoms with Gasteiger partial charge in [-0.05, 0) is 61.5 Å². The summed E-state index contributed by atoms with van der Waals surface area (Å²) in [5.74, 6) is 1.02. The van der Waals surface area contributed by atoms with E-state index in [0.717, 1.165) is 33.8 Å². The maximum absolute atomic E-state index is 10.4. The fraction of sp³-hybridized carbons (Fsp3) is 0.0345. The SMILES string of the molecule is Cc1ccc2c(c1)c1ccc(-c3ccccn3)cc1n2-c1cccc(-c2ccccc2O)n1. The lowest BCUT2D eigenvalue weighted by atomic mass is 10.1. The summed E-state index contributed by atoms with van der Waals surface area (Å²) in [6.45, 7) is 2.11. The Balaban J connectivity index is 1.64. The largest absolute Gasteiger partial charge is 0.507 e. The van der Waals surface area contributed by atoms with E-state index in [4.69, 9.17) is 4.98 Å². The normalized spacial score (nSPS) is 11.3. The standard InChI is InChI=1S/C29H21N3O/c1-19-12-15-26-23(17-19)21-14-13-20(24-8-4-5-16-30-24)18-27(21)32(26)29-11-6-9-25(31-29)22-7-2-3-10-28(22)33/h2-18,33H,1H3. The zero-order chi connectivity index (χ0) is 22.4. The molecule has 3 aromatic heterocycles. The zero-order valence-corrected chi connectivity index (χ0v) is 18.1.